The van der Waals surface area contributed by atoms with Crippen LogP contribution in [0.3, 0.4) is 0 Å². The maximum Gasteiger partial charge on any atom is 0.257 e. The first kappa shape index (κ1) is 20.9. The molecule has 0 spiro atoms. The third-order valence-electron chi connectivity index (χ3n) is 4.88. The number of aryl methyl sites for hydroxylation is 1. The molecule has 6 nitrogen and oxygen atoms in total. The molecular formula is C24H25N5O. The fraction of sp³-hybridized carbons (Fsp3) is 0.208. The zero-order chi connectivity index (χ0) is 21.5. The maximum absolute atomic E-state index is 12.4. The Labute approximate surface area is 177 Å². The highest BCUT2D eigenvalue weighted by Crippen LogP contribution is 2.25. The average Bonchev–Trinajstić information content (AvgIpc) is 2.77. The Morgan fingerprint density at radius 2 is 1.90 bits per heavy atom. The Hall–Kier alpha value is -3.85. The number of rotatable bonds is 7. The van der Waals surface area contributed by atoms with E-state index in [4.69, 9.17) is 5.26 Å². The van der Waals surface area contributed by atoms with Crippen LogP contribution in [0.4, 0.5) is 22.9 Å². The van der Waals surface area contributed by atoms with Gasteiger partial charge in [0.2, 0.25) is 0 Å². The zero-order valence-corrected chi connectivity index (χ0v) is 17.4. The Balaban J connectivity index is 1.68. The van der Waals surface area contributed by atoms with E-state index in [2.05, 4.69) is 59.5 Å². The van der Waals surface area contributed by atoms with Gasteiger partial charge in [-0.1, -0.05) is 6.07 Å². The van der Waals surface area contributed by atoms with E-state index in [-0.39, 0.29) is 5.91 Å². The van der Waals surface area contributed by atoms with Crippen LogP contribution >= 0.6 is 0 Å². The van der Waals surface area contributed by atoms with Gasteiger partial charge in [0.1, 0.15) is 5.82 Å². The Morgan fingerprint density at radius 3 is 2.53 bits per heavy atom. The van der Waals surface area contributed by atoms with Crippen LogP contribution in [-0.2, 0) is 0 Å². The van der Waals surface area contributed by atoms with E-state index < -0.39 is 0 Å². The second-order valence-corrected chi connectivity index (χ2v) is 6.88. The molecule has 0 aliphatic rings. The SMILES string of the molecule is CCN(CC)c1ccc(Nc2ccc(C(=O)Nc3cccc(C#N)c3)cn2)c(C)c1. The zero-order valence-electron chi connectivity index (χ0n) is 17.4. The van der Waals surface area contributed by atoms with Gasteiger partial charge < -0.3 is 15.5 Å². The minimum Gasteiger partial charge on any atom is -0.372 e. The van der Waals surface area contributed by atoms with E-state index in [1.54, 1.807) is 36.4 Å². The van der Waals surface area contributed by atoms with Crippen LogP contribution in [-0.4, -0.2) is 24.0 Å². The van der Waals surface area contributed by atoms with Gasteiger partial charge in [0.15, 0.2) is 0 Å². The molecule has 0 bridgehead atoms. The molecule has 6 heteroatoms. The van der Waals surface area contributed by atoms with Gasteiger partial charge in [-0.3, -0.25) is 4.79 Å². The highest BCUT2D eigenvalue weighted by molar-refractivity contribution is 6.04. The Morgan fingerprint density at radius 1 is 1.10 bits per heavy atom. The highest BCUT2D eigenvalue weighted by atomic mass is 16.1. The van der Waals surface area contributed by atoms with Crippen molar-refractivity contribution in [3.63, 3.8) is 0 Å². The number of anilines is 4. The van der Waals surface area contributed by atoms with Crippen molar-refractivity contribution in [3.05, 3.63) is 77.5 Å². The summed E-state index contributed by atoms with van der Waals surface area (Å²) in [5.74, 6) is 0.389. The van der Waals surface area contributed by atoms with Crippen LogP contribution in [0, 0.1) is 18.3 Å². The summed E-state index contributed by atoms with van der Waals surface area (Å²) >= 11 is 0. The monoisotopic (exact) mass is 399 g/mol. The third-order valence-corrected chi connectivity index (χ3v) is 4.88. The number of hydrogen-bond acceptors (Lipinski definition) is 5. The molecule has 1 amide bonds. The number of carbonyl (C=O) groups is 1. The average molecular weight is 399 g/mol. The molecule has 30 heavy (non-hydrogen) atoms. The highest BCUT2D eigenvalue weighted by Gasteiger charge is 2.09. The normalized spacial score (nSPS) is 10.2. The van der Waals surface area contributed by atoms with E-state index in [0.29, 0.717) is 22.6 Å². The molecule has 0 saturated carbocycles. The summed E-state index contributed by atoms with van der Waals surface area (Å²) in [6.45, 7) is 8.29. The topological polar surface area (TPSA) is 81.0 Å². The summed E-state index contributed by atoms with van der Waals surface area (Å²) in [6.07, 6.45) is 1.53. The number of nitrogens with zero attached hydrogens (tertiary/aromatic N) is 3. The summed E-state index contributed by atoms with van der Waals surface area (Å²) in [5.41, 5.74) is 4.81. The lowest BCUT2D eigenvalue weighted by molar-refractivity contribution is 0.102. The summed E-state index contributed by atoms with van der Waals surface area (Å²) in [4.78, 5) is 19.1. The van der Waals surface area contributed by atoms with Crippen LogP contribution in [0.2, 0.25) is 0 Å². The molecule has 1 heterocycles. The van der Waals surface area contributed by atoms with Gasteiger partial charge >= 0.3 is 0 Å². The van der Waals surface area contributed by atoms with Crippen molar-refractivity contribution in [2.75, 3.05) is 28.6 Å². The molecule has 0 saturated heterocycles. The molecule has 3 rings (SSSR count). The van der Waals surface area contributed by atoms with Crippen molar-refractivity contribution in [3.8, 4) is 6.07 Å². The lowest BCUT2D eigenvalue weighted by Crippen LogP contribution is -2.21. The molecule has 0 fully saturated rings. The number of carbonyl (C=O) groups excluding carboxylic acids is 1. The molecular weight excluding hydrogens is 374 g/mol. The van der Waals surface area contributed by atoms with Gasteiger partial charge in [-0.15, -0.1) is 0 Å². The largest absolute Gasteiger partial charge is 0.372 e. The van der Waals surface area contributed by atoms with Gasteiger partial charge in [0.05, 0.1) is 17.2 Å². The van der Waals surface area contributed by atoms with Crippen molar-refractivity contribution in [1.29, 1.82) is 5.26 Å². The molecule has 2 aromatic carbocycles. The van der Waals surface area contributed by atoms with Gasteiger partial charge in [-0.05, 0) is 74.9 Å². The lowest BCUT2D eigenvalue weighted by Gasteiger charge is -2.22. The summed E-state index contributed by atoms with van der Waals surface area (Å²) in [6, 6.07) is 18.7. The van der Waals surface area contributed by atoms with Gasteiger partial charge in [-0.2, -0.15) is 5.26 Å². The van der Waals surface area contributed by atoms with Gasteiger partial charge in [0, 0.05) is 36.3 Å². The first-order valence-electron chi connectivity index (χ1n) is 9.94. The molecule has 0 aliphatic carbocycles. The summed E-state index contributed by atoms with van der Waals surface area (Å²) in [5, 5.41) is 15.1. The van der Waals surface area contributed by atoms with E-state index in [1.165, 1.54) is 11.9 Å². The van der Waals surface area contributed by atoms with Crippen LogP contribution in [0.15, 0.2) is 60.8 Å². The number of hydrogen-bond donors (Lipinski definition) is 2. The molecule has 3 aromatic rings. The first-order chi connectivity index (χ1) is 14.5. The predicted molar refractivity (Wildman–Crippen MR) is 121 cm³/mol. The van der Waals surface area contributed by atoms with Crippen molar-refractivity contribution >= 4 is 28.8 Å². The Bertz CT molecular complexity index is 1070. The summed E-state index contributed by atoms with van der Waals surface area (Å²) < 4.78 is 0. The fourth-order valence-electron chi connectivity index (χ4n) is 3.18. The summed E-state index contributed by atoms with van der Waals surface area (Å²) in [7, 11) is 0. The van der Waals surface area contributed by atoms with Crippen LogP contribution < -0.4 is 15.5 Å². The molecule has 2 N–H and O–H groups in total. The second kappa shape index (κ2) is 9.57. The van der Waals surface area contributed by atoms with Crippen LogP contribution in [0.5, 0.6) is 0 Å². The van der Waals surface area contributed by atoms with Crippen molar-refractivity contribution in [2.24, 2.45) is 0 Å². The first-order valence-corrected chi connectivity index (χ1v) is 9.94. The number of nitriles is 1. The third kappa shape index (κ3) is 4.95. The predicted octanol–water partition coefficient (Wildman–Crippen LogP) is 5.10. The standard InChI is InChI=1S/C24H25N5O/c1-4-29(5-2)21-10-11-22(17(3)13-21)28-23-12-9-19(16-26-23)24(30)27-20-8-6-7-18(14-20)15-25/h6-14,16H,4-5H2,1-3H3,(H,26,28)(H,27,30). The molecule has 0 aliphatic heterocycles. The van der Waals surface area contributed by atoms with Gasteiger partial charge in [0.25, 0.3) is 5.91 Å². The smallest absolute Gasteiger partial charge is 0.257 e. The van der Waals surface area contributed by atoms with E-state index in [1.807, 2.05) is 6.07 Å². The number of benzene rings is 2. The van der Waals surface area contributed by atoms with E-state index in [0.717, 1.165) is 24.3 Å². The molecule has 0 unspecified atom stereocenters. The van der Waals surface area contributed by atoms with Crippen LogP contribution in [0.1, 0.15) is 35.3 Å². The fourth-order valence-corrected chi connectivity index (χ4v) is 3.18. The minimum absolute atomic E-state index is 0.274. The number of pyridine rings is 1. The minimum atomic E-state index is -0.274. The molecule has 1 aromatic heterocycles. The molecule has 0 radical (unpaired) electrons. The quantitative estimate of drug-likeness (QED) is 0.577. The van der Waals surface area contributed by atoms with E-state index in [9.17, 15) is 4.79 Å². The number of amides is 1. The number of aromatic nitrogens is 1. The number of nitrogens with one attached hydrogen (secondary N) is 2. The van der Waals surface area contributed by atoms with E-state index >= 15 is 0 Å². The van der Waals surface area contributed by atoms with Crippen molar-refractivity contribution in [1.82, 2.24) is 4.98 Å². The van der Waals surface area contributed by atoms with Crippen molar-refractivity contribution < 1.29 is 4.79 Å². The van der Waals surface area contributed by atoms with Crippen LogP contribution in [0.25, 0.3) is 0 Å². The molecule has 152 valence electrons. The lowest BCUT2D eigenvalue weighted by atomic mass is 10.1. The Kier molecular flexibility index (Phi) is 6.66. The van der Waals surface area contributed by atoms with Gasteiger partial charge in [-0.25, -0.2) is 4.98 Å². The second-order valence-electron chi connectivity index (χ2n) is 6.88. The molecule has 0 atom stereocenters. The maximum atomic E-state index is 12.4. The van der Waals surface area contributed by atoms with Crippen molar-refractivity contribution in [2.45, 2.75) is 20.8 Å².